The maximum absolute atomic E-state index is 13.7. The van der Waals surface area contributed by atoms with Gasteiger partial charge in [-0.05, 0) is 44.4 Å². The number of allylic oxidation sites excluding steroid dienone is 1. The number of H-pyrrole nitrogens is 1. The van der Waals surface area contributed by atoms with Crippen molar-refractivity contribution in [3.8, 4) is 5.75 Å². The van der Waals surface area contributed by atoms with Crippen LogP contribution in [0.4, 0.5) is 0 Å². The molecule has 0 aliphatic carbocycles. The third kappa shape index (κ3) is 2.41. The van der Waals surface area contributed by atoms with Crippen molar-refractivity contribution in [1.29, 1.82) is 0 Å². The molecule has 1 N–H and O–H groups in total. The Labute approximate surface area is 175 Å². The van der Waals surface area contributed by atoms with Crippen LogP contribution in [0.2, 0.25) is 0 Å². The number of aromatic amines is 1. The molecule has 1 aromatic carbocycles. The van der Waals surface area contributed by atoms with Crippen LogP contribution in [0.3, 0.4) is 0 Å². The molecule has 2 saturated heterocycles. The van der Waals surface area contributed by atoms with Crippen LogP contribution in [-0.2, 0) is 20.7 Å². The largest absolute Gasteiger partial charge is 0.497 e. The lowest BCUT2D eigenvalue weighted by Gasteiger charge is -2.54. The standard InChI is InChI=1S/C23H27N3O4/c1-13(2)10-19-20-16(15-8-7-14(29-3)11-17(15)24-20)12-23(30-4)22(28)25-9-5-6-18(25)21(27)26(19)23/h7-8,10-11,18-19,24H,5-6,9,12H2,1-4H3/t18-,19-,23+/m0/s1. The summed E-state index contributed by atoms with van der Waals surface area (Å²) in [6, 6.07) is 5.10. The van der Waals surface area contributed by atoms with Crippen LogP contribution < -0.4 is 4.74 Å². The Morgan fingerprint density at radius 3 is 2.77 bits per heavy atom. The Morgan fingerprint density at radius 2 is 2.07 bits per heavy atom. The van der Waals surface area contributed by atoms with E-state index in [1.165, 1.54) is 7.11 Å². The van der Waals surface area contributed by atoms with Gasteiger partial charge in [0.25, 0.3) is 5.91 Å². The molecule has 158 valence electrons. The molecule has 2 aromatic rings. The Kier molecular flexibility index (Phi) is 4.22. The maximum atomic E-state index is 13.7. The van der Waals surface area contributed by atoms with E-state index in [0.717, 1.165) is 39.9 Å². The zero-order valence-electron chi connectivity index (χ0n) is 17.8. The van der Waals surface area contributed by atoms with E-state index in [4.69, 9.17) is 9.47 Å². The first-order chi connectivity index (χ1) is 14.4. The van der Waals surface area contributed by atoms with Gasteiger partial charge in [-0.15, -0.1) is 0 Å². The van der Waals surface area contributed by atoms with Gasteiger partial charge in [-0.25, -0.2) is 0 Å². The molecular formula is C23H27N3O4. The van der Waals surface area contributed by atoms with Gasteiger partial charge in [-0.1, -0.05) is 11.6 Å². The fraction of sp³-hybridized carbons (Fsp3) is 0.478. The van der Waals surface area contributed by atoms with Crippen LogP contribution in [0.15, 0.2) is 29.8 Å². The zero-order valence-corrected chi connectivity index (χ0v) is 17.8. The molecule has 0 unspecified atom stereocenters. The van der Waals surface area contributed by atoms with Gasteiger partial charge in [0, 0.05) is 42.7 Å². The summed E-state index contributed by atoms with van der Waals surface area (Å²) in [7, 11) is 3.18. The van der Waals surface area contributed by atoms with Crippen molar-refractivity contribution >= 4 is 22.7 Å². The van der Waals surface area contributed by atoms with Crippen LogP contribution in [0.5, 0.6) is 5.75 Å². The van der Waals surface area contributed by atoms with Crippen molar-refractivity contribution in [2.24, 2.45) is 0 Å². The molecule has 7 heteroatoms. The van der Waals surface area contributed by atoms with Gasteiger partial charge in [0.1, 0.15) is 11.8 Å². The monoisotopic (exact) mass is 409 g/mol. The summed E-state index contributed by atoms with van der Waals surface area (Å²) < 4.78 is 11.3. The Balaban J connectivity index is 1.77. The minimum Gasteiger partial charge on any atom is -0.497 e. The fourth-order valence-electron chi connectivity index (χ4n) is 5.38. The topological polar surface area (TPSA) is 74.9 Å². The Hall–Kier alpha value is -2.80. The average Bonchev–Trinajstić information content (AvgIpc) is 3.36. The fourth-order valence-corrected chi connectivity index (χ4v) is 5.38. The second-order valence-corrected chi connectivity index (χ2v) is 8.65. The molecule has 7 nitrogen and oxygen atoms in total. The molecule has 0 saturated carbocycles. The van der Waals surface area contributed by atoms with E-state index in [2.05, 4.69) is 4.98 Å². The van der Waals surface area contributed by atoms with Crippen molar-refractivity contribution in [2.45, 2.75) is 50.9 Å². The minimum atomic E-state index is -1.32. The second kappa shape index (κ2) is 6.60. The number of nitrogens with zero attached hydrogens (tertiary/aromatic N) is 2. The number of amides is 2. The van der Waals surface area contributed by atoms with Gasteiger partial charge in [-0.2, -0.15) is 0 Å². The third-order valence-electron chi connectivity index (χ3n) is 6.73. The number of aromatic nitrogens is 1. The molecule has 3 aliphatic rings. The summed E-state index contributed by atoms with van der Waals surface area (Å²) in [5.41, 5.74) is 2.64. The number of hydrogen-bond donors (Lipinski definition) is 1. The van der Waals surface area contributed by atoms with E-state index in [1.807, 2.05) is 38.1 Å². The zero-order chi connectivity index (χ0) is 21.2. The number of ether oxygens (including phenoxy) is 2. The summed E-state index contributed by atoms with van der Waals surface area (Å²) in [5, 5.41) is 1.03. The van der Waals surface area contributed by atoms with Crippen molar-refractivity contribution in [2.75, 3.05) is 20.8 Å². The van der Waals surface area contributed by atoms with Gasteiger partial charge < -0.3 is 19.4 Å². The molecule has 5 rings (SSSR count). The lowest BCUT2D eigenvalue weighted by molar-refractivity contribution is -0.210. The van der Waals surface area contributed by atoms with Crippen molar-refractivity contribution in [1.82, 2.24) is 14.8 Å². The molecule has 2 amide bonds. The number of benzene rings is 1. The SMILES string of the molecule is COc1ccc2c3c([nH]c2c1)[C@H](C=C(C)C)N1C(=O)[C@@H]2CCCN2C(=O)[C@]1(OC)C3. The quantitative estimate of drug-likeness (QED) is 0.791. The molecule has 0 radical (unpaired) electrons. The van der Waals surface area contributed by atoms with Gasteiger partial charge in [0.05, 0.1) is 13.2 Å². The van der Waals surface area contributed by atoms with Crippen molar-refractivity contribution in [3.63, 3.8) is 0 Å². The number of fused-ring (bicyclic) bond motifs is 5. The first kappa shape index (κ1) is 19.2. The van der Waals surface area contributed by atoms with Gasteiger partial charge in [0.2, 0.25) is 11.6 Å². The molecule has 1 aromatic heterocycles. The third-order valence-corrected chi connectivity index (χ3v) is 6.73. The van der Waals surface area contributed by atoms with E-state index in [-0.39, 0.29) is 17.9 Å². The highest BCUT2D eigenvalue weighted by Gasteiger charge is 2.62. The van der Waals surface area contributed by atoms with Crippen LogP contribution in [-0.4, -0.2) is 59.1 Å². The van der Waals surface area contributed by atoms with Crippen LogP contribution >= 0.6 is 0 Å². The van der Waals surface area contributed by atoms with Gasteiger partial charge in [-0.3, -0.25) is 14.5 Å². The normalized spacial score (nSPS) is 27.7. The van der Waals surface area contributed by atoms with Crippen LogP contribution in [0.25, 0.3) is 10.9 Å². The summed E-state index contributed by atoms with van der Waals surface area (Å²) >= 11 is 0. The van der Waals surface area contributed by atoms with Gasteiger partial charge in [0.15, 0.2) is 0 Å². The number of rotatable bonds is 3. The maximum Gasteiger partial charge on any atom is 0.277 e. The Morgan fingerprint density at radius 1 is 1.27 bits per heavy atom. The first-order valence-corrected chi connectivity index (χ1v) is 10.4. The van der Waals surface area contributed by atoms with Crippen molar-refractivity contribution in [3.05, 3.63) is 41.1 Å². The van der Waals surface area contributed by atoms with Crippen LogP contribution in [0.1, 0.15) is 44.0 Å². The lowest BCUT2D eigenvalue weighted by atomic mass is 9.84. The summed E-state index contributed by atoms with van der Waals surface area (Å²) in [5.74, 6) is 0.623. The summed E-state index contributed by atoms with van der Waals surface area (Å²) in [4.78, 5) is 34.3. The van der Waals surface area contributed by atoms with E-state index >= 15 is 0 Å². The highest BCUT2D eigenvalue weighted by molar-refractivity contribution is 6.01. The number of carbonyl (C=O) groups is 2. The second-order valence-electron chi connectivity index (χ2n) is 8.65. The predicted octanol–water partition coefficient (Wildman–Crippen LogP) is 2.92. The number of methoxy groups -OCH3 is 2. The summed E-state index contributed by atoms with van der Waals surface area (Å²) in [6.45, 7) is 4.62. The van der Waals surface area contributed by atoms with Gasteiger partial charge >= 0.3 is 0 Å². The van der Waals surface area contributed by atoms with E-state index in [9.17, 15) is 9.59 Å². The van der Waals surface area contributed by atoms with E-state index in [1.54, 1.807) is 16.9 Å². The lowest BCUT2D eigenvalue weighted by Crippen LogP contribution is -2.73. The van der Waals surface area contributed by atoms with E-state index in [0.29, 0.717) is 19.4 Å². The predicted molar refractivity (Wildman–Crippen MR) is 112 cm³/mol. The van der Waals surface area contributed by atoms with Crippen LogP contribution in [0, 0.1) is 0 Å². The molecule has 0 spiro atoms. The number of carbonyl (C=O) groups excluding carboxylic acids is 2. The average molecular weight is 409 g/mol. The molecule has 2 fully saturated rings. The summed E-state index contributed by atoms with van der Waals surface area (Å²) in [6.07, 6.45) is 3.93. The highest BCUT2D eigenvalue weighted by Crippen LogP contribution is 2.48. The molecular weight excluding hydrogens is 382 g/mol. The highest BCUT2D eigenvalue weighted by atomic mass is 16.5. The van der Waals surface area contributed by atoms with Crippen molar-refractivity contribution < 1.29 is 19.1 Å². The first-order valence-electron chi connectivity index (χ1n) is 10.4. The molecule has 0 bridgehead atoms. The van der Waals surface area contributed by atoms with E-state index < -0.39 is 11.8 Å². The molecule has 30 heavy (non-hydrogen) atoms. The molecule has 4 heterocycles. The number of piperazine rings is 1. The number of nitrogens with one attached hydrogen (secondary N) is 1. The molecule has 3 aliphatic heterocycles. The minimum absolute atomic E-state index is 0.0293. The Bertz CT molecular complexity index is 1080. The number of hydrogen-bond acceptors (Lipinski definition) is 4. The molecule has 3 atom stereocenters. The smallest absolute Gasteiger partial charge is 0.277 e.